The van der Waals surface area contributed by atoms with Gasteiger partial charge < -0.3 is 15.8 Å². The summed E-state index contributed by atoms with van der Waals surface area (Å²) in [5.41, 5.74) is 8.14. The van der Waals surface area contributed by atoms with Crippen LogP contribution in [-0.2, 0) is 4.79 Å². The number of nitrogens with one attached hydrogen (secondary N) is 1. The van der Waals surface area contributed by atoms with Crippen LogP contribution in [0.15, 0.2) is 36.4 Å². The maximum absolute atomic E-state index is 12.0. The average molecular weight is 347 g/mol. The third kappa shape index (κ3) is 4.26. The molecule has 0 saturated heterocycles. The molecule has 0 aliphatic rings. The summed E-state index contributed by atoms with van der Waals surface area (Å²) in [6.07, 6.45) is 0.404. The fraction of sp³-hybridized carbons (Fsp3) is 0.222. The van der Waals surface area contributed by atoms with Crippen molar-refractivity contribution in [3.05, 3.63) is 52.5 Å². The van der Waals surface area contributed by atoms with E-state index in [-0.39, 0.29) is 18.3 Å². The number of nitrogen functional groups attached to an aromatic ring is 1. The molecule has 2 rings (SSSR count). The van der Waals surface area contributed by atoms with Crippen LogP contribution in [0.3, 0.4) is 0 Å². The van der Waals surface area contributed by atoms with Gasteiger partial charge in [-0.15, -0.1) is 0 Å². The Kier molecular flexibility index (Phi) is 5.82. The zero-order valence-electron chi connectivity index (χ0n) is 13.6. The van der Waals surface area contributed by atoms with Crippen molar-refractivity contribution in [3.63, 3.8) is 0 Å². The van der Waals surface area contributed by atoms with Gasteiger partial charge in [-0.3, -0.25) is 9.59 Å². The van der Waals surface area contributed by atoms with Gasteiger partial charge in [0.05, 0.1) is 5.69 Å². The zero-order valence-corrected chi connectivity index (χ0v) is 14.3. The van der Waals surface area contributed by atoms with Gasteiger partial charge in [0.2, 0.25) is 0 Å². The number of Topliss-reactive ketones (excluding diaryl/α,β-unsaturated/α-hetero) is 1. The number of hydrogen-bond acceptors (Lipinski definition) is 4. The quantitative estimate of drug-likeness (QED) is 0.615. The lowest BCUT2D eigenvalue weighted by Crippen LogP contribution is -2.21. The maximum atomic E-state index is 12.0. The third-order valence-electron chi connectivity index (χ3n) is 3.55. The summed E-state index contributed by atoms with van der Waals surface area (Å²) >= 11 is 6.02. The topological polar surface area (TPSA) is 81.4 Å². The lowest BCUT2D eigenvalue weighted by atomic mass is 10.1. The first-order valence-corrected chi connectivity index (χ1v) is 7.90. The van der Waals surface area contributed by atoms with Crippen molar-refractivity contribution in [2.75, 3.05) is 17.7 Å². The molecule has 1 amide bonds. The second-order valence-corrected chi connectivity index (χ2v) is 5.69. The van der Waals surface area contributed by atoms with Crippen LogP contribution in [0, 0.1) is 6.92 Å². The molecule has 2 aromatic rings. The summed E-state index contributed by atoms with van der Waals surface area (Å²) in [4.78, 5) is 23.6. The number of carbonyl (C=O) groups is 2. The van der Waals surface area contributed by atoms with Crippen LogP contribution < -0.4 is 15.8 Å². The minimum atomic E-state index is -0.325. The maximum Gasteiger partial charge on any atom is 0.262 e. The van der Waals surface area contributed by atoms with Crippen molar-refractivity contribution in [1.82, 2.24) is 0 Å². The number of hydrogen-bond donors (Lipinski definition) is 2. The highest BCUT2D eigenvalue weighted by atomic mass is 35.5. The van der Waals surface area contributed by atoms with Crippen LogP contribution in [0.2, 0.25) is 5.02 Å². The second-order valence-electron chi connectivity index (χ2n) is 5.28. The predicted octanol–water partition coefficient (Wildman–Crippen LogP) is 3.84. The Morgan fingerprint density at radius 3 is 2.67 bits per heavy atom. The molecule has 0 fully saturated rings. The van der Waals surface area contributed by atoms with Crippen LogP contribution >= 0.6 is 11.6 Å². The van der Waals surface area contributed by atoms with E-state index >= 15 is 0 Å². The molecule has 0 radical (unpaired) electrons. The summed E-state index contributed by atoms with van der Waals surface area (Å²) in [7, 11) is 0. The normalized spacial score (nSPS) is 10.3. The van der Waals surface area contributed by atoms with Gasteiger partial charge in [-0.25, -0.2) is 0 Å². The van der Waals surface area contributed by atoms with E-state index in [1.54, 1.807) is 43.3 Å². The number of carbonyl (C=O) groups excluding carboxylic acids is 2. The van der Waals surface area contributed by atoms with Crippen LogP contribution in [0.4, 0.5) is 11.4 Å². The van der Waals surface area contributed by atoms with Crippen LogP contribution in [0.1, 0.15) is 29.3 Å². The lowest BCUT2D eigenvalue weighted by Gasteiger charge is -2.12. The van der Waals surface area contributed by atoms with Gasteiger partial charge in [0.25, 0.3) is 5.91 Å². The molecule has 0 unspecified atom stereocenters. The number of anilines is 2. The highest BCUT2D eigenvalue weighted by molar-refractivity contribution is 6.31. The van der Waals surface area contributed by atoms with Gasteiger partial charge in [-0.05, 0) is 42.8 Å². The summed E-state index contributed by atoms with van der Waals surface area (Å²) < 4.78 is 5.43. The molecule has 126 valence electrons. The molecule has 6 heteroatoms. The van der Waals surface area contributed by atoms with Crippen molar-refractivity contribution < 1.29 is 14.3 Å². The average Bonchev–Trinajstić information content (AvgIpc) is 2.57. The van der Waals surface area contributed by atoms with Crippen molar-refractivity contribution >= 4 is 34.7 Å². The van der Waals surface area contributed by atoms with E-state index in [0.29, 0.717) is 34.1 Å². The molecule has 0 aliphatic heterocycles. The Bertz CT molecular complexity index is 775. The van der Waals surface area contributed by atoms with Crippen LogP contribution in [0.5, 0.6) is 5.75 Å². The standard InChI is InChI=1S/C18H19ClN2O3/c1-3-16(22)12-7-8-17(14(20)9-12)24-10-18(23)21-15-6-4-5-13(19)11(15)2/h4-9H,3,10,20H2,1-2H3,(H,21,23). The Labute approximate surface area is 145 Å². The third-order valence-corrected chi connectivity index (χ3v) is 3.96. The van der Waals surface area contributed by atoms with Gasteiger partial charge >= 0.3 is 0 Å². The molecule has 3 N–H and O–H groups in total. The lowest BCUT2D eigenvalue weighted by molar-refractivity contribution is -0.118. The highest BCUT2D eigenvalue weighted by Gasteiger charge is 2.10. The summed E-state index contributed by atoms with van der Waals surface area (Å²) in [5.74, 6) is 0.0384. The second kappa shape index (κ2) is 7.84. The van der Waals surface area contributed by atoms with Crippen LogP contribution in [0.25, 0.3) is 0 Å². The molecule has 0 heterocycles. The number of rotatable bonds is 6. The number of nitrogens with two attached hydrogens (primary N) is 1. The molecule has 2 aromatic carbocycles. The number of ether oxygens (including phenoxy) is 1. The minimum absolute atomic E-state index is 0.00224. The van der Waals surface area contributed by atoms with E-state index in [0.717, 1.165) is 5.56 Å². The Balaban J connectivity index is 1.99. The fourth-order valence-corrected chi connectivity index (χ4v) is 2.30. The largest absolute Gasteiger partial charge is 0.482 e. The van der Waals surface area contributed by atoms with E-state index in [1.807, 2.05) is 6.92 Å². The van der Waals surface area contributed by atoms with Crippen molar-refractivity contribution in [1.29, 1.82) is 0 Å². The Morgan fingerprint density at radius 1 is 1.25 bits per heavy atom. The molecule has 0 spiro atoms. The Hall–Kier alpha value is -2.53. The van der Waals surface area contributed by atoms with E-state index in [4.69, 9.17) is 22.1 Å². The molecule has 24 heavy (non-hydrogen) atoms. The molecule has 0 saturated carbocycles. The molecular weight excluding hydrogens is 328 g/mol. The predicted molar refractivity (Wildman–Crippen MR) is 95.8 cm³/mol. The van der Waals surface area contributed by atoms with Crippen molar-refractivity contribution in [2.45, 2.75) is 20.3 Å². The molecule has 0 bridgehead atoms. The SMILES string of the molecule is CCC(=O)c1ccc(OCC(=O)Nc2cccc(Cl)c2C)c(N)c1. The molecule has 5 nitrogen and oxygen atoms in total. The Morgan fingerprint density at radius 2 is 2.00 bits per heavy atom. The summed E-state index contributed by atoms with van der Waals surface area (Å²) in [6, 6.07) is 10.1. The molecule has 0 aromatic heterocycles. The van der Waals surface area contributed by atoms with E-state index in [9.17, 15) is 9.59 Å². The van der Waals surface area contributed by atoms with Gasteiger partial charge in [-0.2, -0.15) is 0 Å². The first-order chi connectivity index (χ1) is 11.4. The smallest absolute Gasteiger partial charge is 0.262 e. The van der Waals surface area contributed by atoms with E-state index in [1.165, 1.54) is 0 Å². The van der Waals surface area contributed by atoms with Gasteiger partial charge in [0.15, 0.2) is 12.4 Å². The van der Waals surface area contributed by atoms with Gasteiger partial charge in [0, 0.05) is 22.7 Å². The summed E-state index contributed by atoms with van der Waals surface area (Å²) in [5, 5.41) is 3.31. The molecular formula is C18H19ClN2O3. The van der Waals surface area contributed by atoms with E-state index < -0.39 is 0 Å². The number of benzene rings is 2. The van der Waals surface area contributed by atoms with Crippen LogP contribution in [-0.4, -0.2) is 18.3 Å². The minimum Gasteiger partial charge on any atom is -0.482 e. The first kappa shape index (κ1) is 17.8. The van der Waals surface area contributed by atoms with E-state index in [2.05, 4.69) is 5.32 Å². The van der Waals surface area contributed by atoms with Gasteiger partial charge in [-0.1, -0.05) is 24.6 Å². The highest BCUT2D eigenvalue weighted by Crippen LogP contribution is 2.24. The number of halogens is 1. The fourth-order valence-electron chi connectivity index (χ4n) is 2.13. The van der Waals surface area contributed by atoms with Crippen molar-refractivity contribution in [3.8, 4) is 5.75 Å². The monoisotopic (exact) mass is 346 g/mol. The summed E-state index contributed by atoms with van der Waals surface area (Å²) in [6.45, 7) is 3.41. The van der Waals surface area contributed by atoms with Crippen molar-refractivity contribution in [2.24, 2.45) is 0 Å². The van der Waals surface area contributed by atoms with Gasteiger partial charge in [0.1, 0.15) is 5.75 Å². The molecule has 0 atom stereocenters. The first-order valence-electron chi connectivity index (χ1n) is 7.52. The zero-order chi connectivity index (χ0) is 17.7. The number of ketones is 1. The molecule has 0 aliphatic carbocycles. The number of amides is 1.